The quantitative estimate of drug-likeness (QED) is 0.398. The van der Waals surface area contributed by atoms with E-state index in [0.717, 1.165) is 45.4 Å². The second-order valence-electron chi connectivity index (χ2n) is 5.60. The molecule has 0 unspecified atom stereocenters. The number of nitrogens with zero attached hydrogens (tertiary/aromatic N) is 1. The molecule has 0 bridgehead atoms. The maximum atomic E-state index is 8.75. The zero-order chi connectivity index (χ0) is 14.1. The van der Waals surface area contributed by atoms with Crippen LogP contribution in [-0.2, 0) is 4.74 Å². The molecule has 1 fully saturated rings. The summed E-state index contributed by atoms with van der Waals surface area (Å²) in [5, 5.41) is 17.5. The van der Waals surface area contributed by atoms with Crippen molar-refractivity contribution in [1.82, 2.24) is 4.90 Å². The minimum absolute atomic E-state index is 0.222. The Morgan fingerprint density at radius 1 is 1.37 bits per heavy atom. The molecule has 1 rings (SSSR count). The van der Waals surface area contributed by atoms with Crippen LogP contribution in [0.15, 0.2) is 0 Å². The van der Waals surface area contributed by atoms with E-state index < -0.39 is 7.12 Å². The highest BCUT2D eigenvalue weighted by Crippen LogP contribution is 2.18. The monoisotopic (exact) mass is 272 g/mol. The van der Waals surface area contributed by atoms with Crippen molar-refractivity contribution in [2.24, 2.45) is 5.73 Å². The van der Waals surface area contributed by atoms with Crippen LogP contribution in [0.1, 0.15) is 38.5 Å². The number of methoxy groups -OCH3 is 1. The minimum atomic E-state index is -1.17. The zero-order valence-electron chi connectivity index (χ0n) is 12.1. The van der Waals surface area contributed by atoms with E-state index in [9.17, 15) is 0 Å². The van der Waals surface area contributed by atoms with Crippen LogP contribution in [0.2, 0.25) is 6.32 Å². The van der Waals surface area contributed by atoms with E-state index in [4.69, 9.17) is 20.5 Å². The summed E-state index contributed by atoms with van der Waals surface area (Å²) in [7, 11) is 0.591. The summed E-state index contributed by atoms with van der Waals surface area (Å²) in [5.41, 5.74) is 6.11. The van der Waals surface area contributed by atoms with Crippen molar-refractivity contribution in [2.45, 2.75) is 56.9 Å². The van der Waals surface area contributed by atoms with Crippen molar-refractivity contribution < 1.29 is 14.8 Å². The molecule has 0 aromatic rings. The standard InChI is InChI=1S/C13H29BN2O3/c1-19-11-13-6-4-9-16(13)10-7-12(15)5-2-3-8-14(17)18/h12-13,17-18H,2-11,15H2,1H3/t12-,13+/m1/s1. The van der Waals surface area contributed by atoms with Crippen molar-refractivity contribution in [3.8, 4) is 0 Å². The third-order valence-electron chi connectivity index (χ3n) is 3.93. The van der Waals surface area contributed by atoms with Crippen LogP contribution >= 0.6 is 0 Å². The largest absolute Gasteiger partial charge is 0.451 e. The van der Waals surface area contributed by atoms with Gasteiger partial charge in [0, 0.05) is 19.2 Å². The third kappa shape index (κ3) is 7.27. The molecule has 5 nitrogen and oxygen atoms in total. The van der Waals surface area contributed by atoms with E-state index >= 15 is 0 Å². The van der Waals surface area contributed by atoms with Crippen LogP contribution in [0.25, 0.3) is 0 Å². The molecule has 0 amide bonds. The molecule has 4 N–H and O–H groups in total. The van der Waals surface area contributed by atoms with Crippen molar-refractivity contribution >= 4 is 7.12 Å². The van der Waals surface area contributed by atoms with Crippen LogP contribution in [0.3, 0.4) is 0 Å². The highest BCUT2D eigenvalue weighted by Gasteiger charge is 2.24. The van der Waals surface area contributed by atoms with E-state index in [1.54, 1.807) is 7.11 Å². The predicted octanol–water partition coefficient (Wildman–Crippen LogP) is 0.458. The topological polar surface area (TPSA) is 79.0 Å². The molecule has 2 atom stereocenters. The number of ether oxygens (including phenoxy) is 1. The van der Waals surface area contributed by atoms with Gasteiger partial charge in [-0.1, -0.05) is 12.8 Å². The normalized spacial score (nSPS) is 21.8. The molecule has 1 aliphatic heterocycles. The van der Waals surface area contributed by atoms with Gasteiger partial charge in [-0.15, -0.1) is 0 Å². The number of hydrogen-bond acceptors (Lipinski definition) is 5. The van der Waals surface area contributed by atoms with Gasteiger partial charge in [0.05, 0.1) is 6.61 Å². The maximum absolute atomic E-state index is 8.75. The Morgan fingerprint density at radius 3 is 2.84 bits per heavy atom. The molecule has 0 aromatic carbocycles. The fourth-order valence-electron chi connectivity index (χ4n) is 2.78. The Bertz CT molecular complexity index is 232. The average Bonchev–Trinajstić information content (AvgIpc) is 2.80. The van der Waals surface area contributed by atoms with Gasteiger partial charge in [-0.25, -0.2) is 0 Å². The molecule has 1 heterocycles. The van der Waals surface area contributed by atoms with Crippen molar-refractivity contribution in [3.05, 3.63) is 0 Å². The maximum Gasteiger partial charge on any atom is 0.451 e. The summed E-state index contributed by atoms with van der Waals surface area (Å²) in [6, 6.07) is 0.793. The van der Waals surface area contributed by atoms with Gasteiger partial charge in [0.2, 0.25) is 0 Å². The molecule has 0 spiro atoms. The second-order valence-corrected chi connectivity index (χ2v) is 5.60. The SMILES string of the molecule is COC[C@@H]1CCCN1CC[C@H](N)CCCCB(O)O. The number of likely N-dealkylation sites (tertiary alicyclic amines) is 1. The minimum Gasteiger partial charge on any atom is -0.427 e. The lowest BCUT2D eigenvalue weighted by Crippen LogP contribution is -2.36. The molecule has 112 valence electrons. The first-order valence-corrected chi connectivity index (χ1v) is 7.48. The summed E-state index contributed by atoms with van der Waals surface area (Å²) in [5.74, 6) is 0. The number of unbranched alkanes of at least 4 members (excludes halogenated alkanes) is 1. The van der Waals surface area contributed by atoms with Crippen LogP contribution in [0.5, 0.6) is 0 Å². The first-order chi connectivity index (χ1) is 9.13. The van der Waals surface area contributed by atoms with Crippen molar-refractivity contribution in [3.63, 3.8) is 0 Å². The molecule has 0 saturated carbocycles. The third-order valence-corrected chi connectivity index (χ3v) is 3.93. The van der Waals surface area contributed by atoms with Crippen molar-refractivity contribution in [1.29, 1.82) is 0 Å². The Balaban J connectivity index is 2.07. The van der Waals surface area contributed by atoms with E-state index in [1.807, 2.05) is 0 Å². The molecule has 0 radical (unpaired) electrons. The van der Waals surface area contributed by atoms with Gasteiger partial charge in [0.25, 0.3) is 0 Å². The molecule has 1 saturated heterocycles. The van der Waals surface area contributed by atoms with Gasteiger partial charge in [0.15, 0.2) is 0 Å². The summed E-state index contributed by atoms with van der Waals surface area (Å²) in [4.78, 5) is 2.49. The lowest BCUT2D eigenvalue weighted by atomic mass is 9.83. The predicted molar refractivity (Wildman–Crippen MR) is 77.9 cm³/mol. The number of hydrogen-bond donors (Lipinski definition) is 3. The summed E-state index contributed by atoms with van der Waals surface area (Å²) < 4.78 is 5.24. The smallest absolute Gasteiger partial charge is 0.427 e. The van der Waals surface area contributed by atoms with Crippen LogP contribution < -0.4 is 5.73 Å². The Labute approximate surface area is 117 Å². The number of nitrogens with two attached hydrogens (primary N) is 1. The molecule has 0 aromatic heterocycles. The van der Waals surface area contributed by atoms with E-state index in [-0.39, 0.29) is 6.04 Å². The van der Waals surface area contributed by atoms with E-state index in [2.05, 4.69) is 4.90 Å². The van der Waals surface area contributed by atoms with Crippen LogP contribution in [0, 0.1) is 0 Å². The first-order valence-electron chi connectivity index (χ1n) is 7.48. The zero-order valence-corrected chi connectivity index (χ0v) is 12.1. The van der Waals surface area contributed by atoms with E-state index in [0.29, 0.717) is 12.4 Å². The van der Waals surface area contributed by atoms with Gasteiger partial charge in [-0.05, 0) is 45.1 Å². The highest BCUT2D eigenvalue weighted by atomic mass is 16.5. The summed E-state index contributed by atoms with van der Waals surface area (Å²) in [6.07, 6.45) is 6.74. The first kappa shape index (κ1) is 16.9. The van der Waals surface area contributed by atoms with Crippen LogP contribution in [-0.4, -0.2) is 61.0 Å². The molecule has 1 aliphatic rings. The summed E-state index contributed by atoms with van der Waals surface area (Å²) >= 11 is 0. The molecular formula is C13H29BN2O3. The van der Waals surface area contributed by atoms with Gasteiger partial charge >= 0.3 is 7.12 Å². The van der Waals surface area contributed by atoms with Gasteiger partial charge in [-0.2, -0.15) is 0 Å². The van der Waals surface area contributed by atoms with Gasteiger partial charge < -0.3 is 20.5 Å². The molecule has 0 aliphatic carbocycles. The highest BCUT2D eigenvalue weighted by molar-refractivity contribution is 6.40. The summed E-state index contributed by atoms with van der Waals surface area (Å²) in [6.45, 7) is 3.04. The molecule has 6 heteroatoms. The Morgan fingerprint density at radius 2 is 2.16 bits per heavy atom. The fraction of sp³-hybridized carbons (Fsp3) is 1.00. The van der Waals surface area contributed by atoms with Crippen LogP contribution in [0.4, 0.5) is 0 Å². The molecule has 19 heavy (non-hydrogen) atoms. The van der Waals surface area contributed by atoms with Gasteiger partial charge in [0.1, 0.15) is 0 Å². The average molecular weight is 272 g/mol. The van der Waals surface area contributed by atoms with E-state index in [1.165, 1.54) is 12.8 Å². The Hall–Kier alpha value is -0.135. The fourth-order valence-corrected chi connectivity index (χ4v) is 2.78. The van der Waals surface area contributed by atoms with Crippen molar-refractivity contribution in [2.75, 3.05) is 26.8 Å². The lowest BCUT2D eigenvalue weighted by molar-refractivity contribution is 0.113. The molecular weight excluding hydrogens is 243 g/mol. The van der Waals surface area contributed by atoms with Gasteiger partial charge in [-0.3, -0.25) is 4.90 Å². The second kappa shape index (κ2) is 9.72. The number of rotatable bonds is 10. The Kier molecular flexibility index (Phi) is 8.65. The lowest BCUT2D eigenvalue weighted by Gasteiger charge is -2.25.